The van der Waals surface area contributed by atoms with Crippen LogP contribution in [0.3, 0.4) is 0 Å². The summed E-state index contributed by atoms with van der Waals surface area (Å²) in [4.78, 5) is 12.6. The van der Waals surface area contributed by atoms with Crippen molar-refractivity contribution in [3.8, 4) is 0 Å². The second kappa shape index (κ2) is 22.1. The van der Waals surface area contributed by atoms with Crippen molar-refractivity contribution < 1.29 is 115 Å². The van der Waals surface area contributed by atoms with Crippen LogP contribution >= 0.6 is 31.9 Å². The molecule has 29 heteroatoms. The van der Waals surface area contributed by atoms with Crippen molar-refractivity contribution in [3.63, 3.8) is 0 Å². The number of alkyl halides is 24. The van der Waals surface area contributed by atoms with Crippen LogP contribution in [0.25, 0.3) is 17.0 Å². The van der Waals surface area contributed by atoms with Crippen LogP contribution in [0.1, 0.15) is 60.6 Å². The maximum Gasteiger partial charge on any atom is 0.416 e. The number of rotatable bonds is 8. The average molecular weight is 1300 g/mol. The Balaban J connectivity index is 0.000000370. The van der Waals surface area contributed by atoms with Gasteiger partial charge in [-0.05, 0) is 68.3 Å². The van der Waals surface area contributed by atoms with Gasteiger partial charge in [-0.25, -0.2) is 0 Å². The third-order valence-corrected chi connectivity index (χ3v) is 12.5. The number of hydrogen-bond donors (Lipinski definition) is 0. The van der Waals surface area contributed by atoms with Crippen molar-refractivity contribution in [2.24, 2.45) is 0 Å². The van der Waals surface area contributed by atoms with Crippen molar-refractivity contribution in [1.82, 2.24) is 0 Å². The predicted molar refractivity (Wildman–Crippen MR) is 251 cm³/mol. The Morgan fingerprint density at radius 1 is 0.375 bits per heavy atom. The number of halogens is 26. The van der Waals surface area contributed by atoms with E-state index >= 15 is 0 Å². The molecule has 2 nitrogen and oxygen atoms in total. The molecule has 0 saturated carbocycles. The normalized spacial score (nSPS) is 13.2. The molecule has 426 valence electrons. The van der Waals surface area contributed by atoms with Crippen LogP contribution in [0.4, 0.5) is 105 Å². The van der Waals surface area contributed by atoms with Gasteiger partial charge in [0.1, 0.15) is 6.15 Å². The summed E-state index contributed by atoms with van der Waals surface area (Å²) in [5, 5.41) is 1.11. The minimum absolute atomic E-state index is 0.0901. The molecular formula is C51H26BBr2F24NO. The smallest absolute Gasteiger partial charge is 0.287 e. The summed E-state index contributed by atoms with van der Waals surface area (Å²) >= 11 is 6.80. The largest absolute Gasteiger partial charge is 0.416 e. The fourth-order valence-electron chi connectivity index (χ4n) is 8.62. The van der Waals surface area contributed by atoms with E-state index < -0.39 is 195 Å². The van der Waals surface area contributed by atoms with Gasteiger partial charge in [0.05, 0.1) is 47.9 Å². The van der Waals surface area contributed by atoms with Gasteiger partial charge in [-0.2, -0.15) is 132 Å². The molecule has 0 spiro atoms. The Labute approximate surface area is 450 Å². The highest BCUT2D eigenvalue weighted by Gasteiger charge is 2.47. The summed E-state index contributed by atoms with van der Waals surface area (Å²) in [5.74, 6) is 0.0901. The number of hydrogen-bond acceptors (Lipinski definition) is 1. The first-order valence-corrected chi connectivity index (χ1v) is 23.4. The lowest BCUT2D eigenvalue weighted by atomic mass is 9.12. The van der Waals surface area contributed by atoms with Crippen molar-refractivity contribution in [2.45, 2.75) is 56.0 Å². The molecule has 80 heavy (non-hydrogen) atoms. The lowest BCUT2D eigenvalue weighted by Crippen LogP contribution is -2.75. The van der Waals surface area contributed by atoms with E-state index in [1.54, 1.807) is 0 Å². The number of ketones is 1. The molecule has 7 rings (SSSR count). The fraction of sp³-hybridized carbons (Fsp3) is 0.176. The molecule has 1 heterocycles. The number of Topliss-reactive ketones (excluding diaryl/α,β-unsaturated/α-hetero) is 1. The van der Waals surface area contributed by atoms with Crippen LogP contribution in [0.15, 0.2) is 143 Å². The third kappa shape index (κ3) is 14.3. The molecule has 0 saturated heterocycles. The molecular weight excluding hydrogens is 1270 g/mol. The number of pyridine rings is 1. The Kier molecular flexibility index (Phi) is 17.3. The highest BCUT2D eigenvalue weighted by Crippen LogP contribution is 2.41. The van der Waals surface area contributed by atoms with Crippen molar-refractivity contribution >= 4 is 82.6 Å². The lowest BCUT2D eigenvalue weighted by Gasteiger charge is -2.46. The van der Waals surface area contributed by atoms with Gasteiger partial charge < -0.3 is 0 Å². The Bertz CT molecular complexity index is 3020. The summed E-state index contributed by atoms with van der Waals surface area (Å²) in [6.45, 7) is 0.296. The lowest BCUT2D eigenvalue weighted by molar-refractivity contribution is -0.658. The van der Waals surface area contributed by atoms with Gasteiger partial charge in [-0.15, -0.1) is 0 Å². The fourth-order valence-corrected chi connectivity index (χ4v) is 9.09. The second-order valence-electron chi connectivity index (χ2n) is 17.3. The van der Waals surface area contributed by atoms with E-state index in [9.17, 15) is 110 Å². The highest BCUT2D eigenvalue weighted by molar-refractivity contribution is 9.28. The van der Waals surface area contributed by atoms with E-state index in [2.05, 4.69) is 44.0 Å². The first-order chi connectivity index (χ1) is 36.4. The molecule has 0 aliphatic rings. The first-order valence-electron chi connectivity index (χ1n) is 21.8. The molecule has 1 aromatic heterocycles. The number of carbonyl (C=O) groups is 1. The molecule has 7 aromatic rings. The second-order valence-corrected chi connectivity index (χ2v) is 20.1. The van der Waals surface area contributed by atoms with E-state index in [0.717, 1.165) is 25.6 Å². The van der Waals surface area contributed by atoms with Gasteiger partial charge in [-0.1, -0.05) is 91.0 Å². The molecule has 0 N–H and O–H groups in total. The standard InChI is InChI=1S/C32H12BF24.C19H14Br2NO/c34-25(35,36)13-1-14(26(37,38)39)6-21(5-13)33(22-7-15(27(40,41)42)2-16(8-22)28(43,44)45,23-9-17(29(46,47)48)3-18(10-23)30(49,50)51)24-11-19(31(52,53)54)4-20(12-24)32(55,56)57;20-19(21)12-16-11-10-14-6-4-5-9-17(14)22(16)13-18(23)15-7-2-1-3-8-15/h1-12H;1-12H,13H2/q-1;+1. The third-order valence-electron chi connectivity index (χ3n) is 12.1. The summed E-state index contributed by atoms with van der Waals surface area (Å²) in [6.07, 6.45) is -52.9. The number of fused-ring (bicyclic) bond motifs is 1. The maximum absolute atomic E-state index is 14.2. The maximum atomic E-state index is 14.2. The molecule has 0 fully saturated rings. The Morgan fingerprint density at radius 3 is 0.925 bits per heavy atom. The van der Waals surface area contributed by atoms with E-state index in [0.29, 0.717) is 6.54 Å². The number of aromatic nitrogens is 1. The summed E-state index contributed by atoms with van der Waals surface area (Å²) in [7, 11) is 0. The van der Waals surface area contributed by atoms with Crippen molar-refractivity contribution in [2.75, 3.05) is 0 Å². The van der Waals surface area contributed by atoms with Crippen LogP contribution in [0, 0.1) is 0 Å². The van der Waals surface area contributed by atoms with Gasteiger partial charge >= 0.3 is 49.4 Å². The number of benzene rings is 6. The van der Waals surface area contributed by atoms with E-state index in [4.69, 9.17) is 0 Å². The average Bonchev–Trinajstić information content (AvgIpc) is 3.33. The SMILES string of the molecule is FC(F)(F)c1cc([B-](c2cc(C(F)(F)F)cc(C(F)(F)F)c2)(c2cc(C(F)(F)F)cc(C(F)(F)F)c2)c2cc(C(F)(F)F)cc(C(F)(F)F)c2)cc(C(F)(F)F)c1.O=C(C[n+]1c(C=C(Br)Br)ccc2ccccc21)c1ccccc1. The van der Waals surface area contributed by atoms with Crippen LogP contribution in [0.2, 0.25) is 0 Å². The quantitative estimate of drug-likeness (QED) is 0.0643. The molecule has 0 unspecified atom stereocenters. The Hall–Kier alpha value is -6.52. The van der Waals surface area contributed by atoms with E-state index in [1.807, 2.05) is 65.2 Å². The first kappa shape index (κ1) is 62.7. The van der Waals surface area contributed by atoms with Crippen LogP contribution in [0.5, 0.6) is 0 Å². The zero-order chi connectivity index (χ0) is 60.1. The van der Waals surface area contributed by atoms with Crippen molar-refractivity contribution in [1.29, 1.82) is 0 Å². The minimum Gasteiger partial charge on any atom is -0.287 e. The monoisotopic (exact) mass is 1290 g/mol. The molecule has 0 radical (unpaired) electrons. The number of carbonyl (C=O) groups excluding carboxylic acids is 1. The predicted octanol–water partition coefficient (Wildman–Crippen LogP) is 16.3. The summed E-state index contributed by atoms with van der Waals surface area (Å²) in [6, 6.07) is 12.7. The van der Waals surface area contributed by atoms with Gasteiger partial charge in [-0.3, -0.25) is 4.79 Å². The molecule has 6 aromatic carbocycles. The zero-order valence-electron chi connectivity index (χ0n) is 38.8. The molecule has 0 aliphatic heterocycles. The van der Waals surface area contributed by atoms with E-state index in [-0.39, 0.29) is 5.78 Å². The van der Waals surface area contributed by atoms with Crippen molar-refractivity contribution in [3.05, 3.63) is 199 Å². The molecule has 0 bridgehead atoms. The number of para-hydroxylation sites is 1. The topological polar surface area (TPSA) is 20.9 Å². The van der Waals surface area contributed by atoms with Crippen LogP contribution in [-0.2, 0) is 56.0 Å². The van der Waals surface area contributed by atoms with Gasteiger partial charge in [0.15, 0.2) is 0 Å². The molecule has 0 atom stereocenters. The van der Waals surface area contributed by atoms with Crippen LogP contribution in [-0.4, -0.2) is 11.9 Å². The minimum atomic E-state index is -6.13. The zero-order valence-corrected chi connectivity index (χ0v) is 42.0. The van der Waals surface area contributed by atoms with E-state index in [1.165, 1.54) is 0 Å². The molecule has 0 amide bonds. The number of nitrogens with zero attached hydrogens (tertiary/aromatic N) is 1. The van der Waals surface area contributed by atoms with Gasteiger partial charge in [0.25, 0.3) is 0 Å². The summed E-state index contributed by atoms with van der Waals surface area (Å²) < 4.78 is 344. The van der Waals surface area contributed by atoms with Gasteiger partial charge in [0.2, 0.25) is 23.5 Å². The molecule has 0 aliphatic carbocycles. The van der Waals surface area contributed by atoms with Gasteiger partial charge in [0, 0.05) is 29.2 Å². The van der Waals surface area contributed by atoms with Crippen LogP contribution < -0.4 is 26.4 Å². The highest BCUT2D eigenvalue weighted by atomic mass is 79.9. The summed E-state index contributed by atoms with van der Waals surface area (Å²) in [5.41, 5.74) is -27.5. The Morgan fingerprint density at radius 2 is 0.650 bits per heavy atom.